The van der Waals surface area contributed by atoms with Gasteiger partial charge in [-0.25, -0.2) is 4.79 Å². The van der Waals surface area contributed by atoms with Gasteiger partial charge in [-0.15, -0.1) is 0 Å². The van der Waals surface area contributed by atoms with E-state index < -0.39 is 23.6 Å². The average molecular weight is 401 g/mol. The highest BCUT2D eigenvalue weighted by Crippen LogP contribution is 2.31. The van der Waals surface area contributed by atoms with Gasteiger partial charge in [0, 0.05) is 22.6 Å². The minimum Gasteiger partial charge on any atom is -0.444 e. The summed E-state index contributed by atoms with van der Waals surface area (Å²) >= 11 is 0. The summed E-state index contributed by atoms with van der Waals surface area (Å²) in [6.07, 6.45) is -0.199. The van der Waals surface area contributed by atoms with E-state index in [-0.39, 0.29) is 18.5 Å². The number of nitrogens with one attached hydrogen (secondary N) is 5. The molecule has 0 radical (unpaired) electrons. The molecule has 0 spiro atoms. The molecule has 3 rings (SSSR count). The van der Waals surface area contributed by atoms with Crippen molar-refractivity contribution >= 4 is 28.8 Å². The Balaban J connectivity index is 1.52. The van der Waals surface area contributed by atoms with Gasteiger partial charge < -0.3 is 15.0 Å². The number of ether oxygens (including phenoxy) is 1. The number of alkyl carbamates (subject to hydrolysis) is 1. The lowest BCUT2D eigenvalue weighted by molar-refractivity contribution is -0.129. The molecule has 1 aliphatic rings. The number of hydrazine groups is 1. The number of rotatable bonds is 3. The van der Waals surface area contributed by atoms with Crippen LogP contribution in [0, 0.1) is 0 Å². The maximum Gasteiger partial charge on any atom is 0.408 e. The van der Waals surface area contributed by atoms with Crippen LogP contribution in [0.3, 0.4) is 0 Å². The average Bonchev–Trinajstić information content (AvgIpc) is 3.02. The van der Waals surface area contributed by atoms with Crippen LogP contribution in [0.1, 0.15) is 45.0 Å². The summed E-state index contributed by atoms with van der Waals surface area (Å²) in [6.45, 7) is 6.85. The number of carbonyl (C=O) groups excluding carboxylic acids is 3. The Morgan fingerprint density at radius 3 is 2.62 bits per heavy atom. The Bertz CT molecular complexity index is 931. The van der Waals surface area contributed by atoms with Gasteiger partial charge in [0.25, 0.3) is 11.8 Å². The third-order valence-electron chi connectivity index (χ3n) is 4.57. The fraction of sp³-hybridized carbons (Fsp3) is 0.450. The van der Waals surface area contributed by atoms with Gasteiger partial charge in [-0.05, 0) is 45.7 Å². The zero-order valence-electron chi connectivity index (χ0n) is 17.0. The van der Waals surface area contributed by atoms with E-state index >= 15 is 0 Å². The normalized spacial score (nSPS) is 18.6. The number of amides is 3. The number of aromatic nitrogens is 1. The predicted octanol–water partition coefficient (Wildman–Crippen LogP) is 1.42. The monoisotopic (exact) mass is 401 g/mol. The Morgan fingerprint density at radius 1 is 1.17 bits per heavy atom. The SMILES string of the molecule is C[C@@H]1N[C@H](C(=O)NNC(=O)CNC(=O)OC(C)(C)C)Cc2c1[nH]c1ccccc21. The maximum atomic E-state index is 12.5. The summed E-state index contributed by atoms with van der Waals surface area (Å²) in [5.41, 5.74) is 7.28. The van der Waals surface area contributed by atoms with Gasteiger partial charge in [0.2, 0.25) is 0 Å². The van der Waals surface area contributed by atoms with E-state index in [1.54, 1.807) is 20.8 Å². The smallest absolute Gasteiger partial charge is 0.408 e. The van der Waals surface area contributed by atoms with Crippen molar-refractivity contribution in [1.82, 2.24) is 26.5 Å². The van der Waals surface area contributed by atoms with Crippen LogP contribution in [0.25, 0.3) is 10.9 Å². The Labute approximate surface area is 168 Å². The van der Waals surface area contributed by atoms with E-state index in [0.29, 0.717) is 6.42 Å². The van der Waals surface area contributed by atoms with Crippen LogP contribution in [-0.4, -0.2) is 41.1 Å². The summed E-state index contributed by atoms with van der Waals surface area (Å²) in [7, 11) is 0. The van der Waals surface area contributed by atoms with Crippen LogP contribution in [0.15, 0.2) is 24.3 Å². The highest BCUT2D eigenvalue weighted by atomic mass is 16.6. The molecule has 0 saturated carbocycles. The van der Waals surface area contributed by atoms with Crippen molar-refractivity contribution in [2.24, 2.45) is 0 Å². The van der Waals surface area contributed by atoms with Gasteiger partial charge >= 0.3 is 6.09 Å². The summed E-state index contributed by atoms with van der Waals surface area (Å²) in [6, 6.07) is 7.45. The number of para-hydroxylation sites is 1. The molecule has 3 amide bonds. The summed E-state index contributed by atoms with van der Waals surface area (Å²) in [5, 5.41) is 6.68. The number of benzene rings is 1. The van der Waals surface area contributed by atoms with Gasteiger partial charge in [-0.1, -0.05) is 18.2 Å². The van der Waals surface area contributed by atoms with E-state index in [1.165, 1.54) is 0 Å². The Hall–Kier alpha value is -3.07. The second-order valence-electron chi connectivity index (χ2n) is 8.10. The van der Waals surface area contributed by atoms with Crippen LogP contribution in [-0.2, 0) is 20.7 Å². The minimum absolute atomic E-state index is 0.0357. The van der Waals surface area contributed by atoms with Crippen molar-refractivity contribution < 1.29 is 19.1 Å². The molecule has 0 unspecified atom stereocenters. The van der Waals surface area contributed by atoms with Crippen molar-refractivity contribution in [3.05, 3.63) is 35.5 Å². The number of hydrogen-bond donors (Lipinski definition) is 5. The molecule has 5 N–H and O–H groups in total. The number of carbonyl (C=O) groups is 3. The van der Waals surface area contributed by atoms with E-state index in [9.17, 15) is 14.4 Å². The lowest BCUT2D eigenvalue weighted by Gasteiger charge is -2.28. The molecule has 0 saturated heterocycles. The first kappa shape index (κ1) is 20.7. The third-order valence-corrected chi connectivity index (χ3v) is 4.57. The predicted molar refractivity (Wildman–Crippen MR) is 108 cm³/mol. The van der Waals surface area contributed by atoms with Crippen molar-refractivity contribution in [3.63, 3.8) is 0 Å². The highest BCUT2D eigenvalue weighted by Gasteiger charge is 2.31. The van der Waals surface area contributed by atoms with Gasteiger partial charge in [0.15, 0.2) is 0 Å². The minimum atomic E-state index is -0.700. The van der Waals surface area contributed by atoms with Gasteiger partial charge in [0.1, 0.15) is 12.1 Å². The molecular weight excluding hydrogens is 374 g/mol. The molecular formula is C20H27N5O4. The zero-order chi connectivity index (χ0) is 21.2. The van der Waals surface area contributed by atoms with Gasteiger partial charge in [-0.2, -0.15) is 0 Å². The Morgan fingerprint density at radius 2 is 1.90 bits per heavy atom. The van der Waals surface area contributed by atoms with E-state index in [1.807, 2.05) is 31.2 Å². The molecule has 1 aromatic heterocycles. The lowest BCUT2D eigenvalue weighted by Crippen LogP contribution is -2.55. The van der Waals surface area contributed by atoms with Crippen molar-refractivity contribution in [1.29, 1.82) is 0 Å². The second-order valence-corrected chi connectivity index (χ2v) is 8.10. The molecule has 0 bridgehead atoms. The summed E-state index contributed by atoms with van der Waals surface area (Å²) in [4.78, 5) is 39.4. The molecule has 156 valence electrons. The van der Waals surface area contributed by atoms with Crippen LogP contribution in [0.5, 0.6) is 0 Å². The topological polar surface area (TPSA) is 124 Å². The summed E-state index contributed by atoms with van der Waals surface area (Å²) in [5.74, 6) is -0.903. The van der Waals surface area contributed by atoms with E-state index in [0.717, 1.165) is 22.2 Å². The first-order valence-electron chi connectivity index (χ1n) is 9.55. The van der Waals surface area contributed by atoms with E-state index in [2.05, 4.69) is 26.5 Å². The fourth-order valence-corrected chi connectivity index (χ4v) is 3.36. The van der Waals surface area contributed by atoms with Crippen LogP contribution in [0.4, 0.5) is 4.79 Å². The van der Waals surface area contributed by atoms with Gasteiger partial charge in [-0.3, -0.25) is 25.8 Å². The number of aromatic amines is 1. The summed E-state index contributed by atoms with van der Waals surface area (Å²) < 4.78 is 5.05. The Kier molecular flexibility index (Phi) is 5.78. The van der Waals surface area contributed by atoms with E-state index in [4.69, 9.17) is 4.74 Å². The van der Waals surface area contributed by atoms with Crippen molar-refractivity contribution in [2.75, 3.05) is 6.54 Å². The van der Waals surface area contributed by atoms with Gasteiger partial charge in [0.05, 0.1) is 6.04 Å². The molecule has 1 aromatic carbocycles. The van der Waals surface area contributed by atoms with Crippen molar-refractivity contribution in [2.45, 2.75) is 51.8 Å². The first-order chi connectivity index (χ1) is 13.6. The number of fused-ring (bicyclic) bond motifs is 3. The second kappa shape index (κ2) is 8.12. The van der Waals surface area contributed by atoms with Crippen LogP contribution < -0.4 is 21.5 Å². The molecule has 0 aliphatic carbocycles. The first-order valence-corrected chi connectivity index (χ1v) is 9.55. The number of H-pyrrole nitrogens is 1. The molecule has 29 heavy (non-hydrogen) atoms. The molecule has 9 heteroatoms. The van der Waals surface area contributed by atoms with Crippen LogP contribution in [0.2, 0.25) is 0 Å². The quantitative estimate of drug-likeness (QED) is 0.498. The van der Waals surface area contributed by atoms with Crippen LogP contribution >= 0.6 is 0 Å². The lowest BCUT2D eigenvalue weighted by atomic mass is 9.94. The van der Waals surface area contributed by atoms with Crippen molar-refractivity contribution in [3.8, 4) is 0 Å². The highest BCUT2D eigenvalue weighted by molar-refractivity contribution is 5.90. The standard InChI is InChI=1S/C20H27N5O4/c1-11-17-13(12-7-5-6-8-14(12)23-17)9-15(22-11)18(27)25-24-16(26)10-21-19(28)29-20(2,3)4/h5-8,11,15,22-23H,9-10H2,1-4H3,(H,21,28)(H,24,26)(H,25,27)/t11-,15-/m0/s1. The third kappa shape index (κ3) is 5.05. The molecule has 2 heterocycles. The molecule has 9 nitrogen and oxygen atoms in total. The molecule has 1 aliphatic heterocycles. The number of hydrogen-bond acceptors (Lipinski definition) is 5. The molecule has 0 fully saturated rings. The fourth-order valence-electron chi connectivity index (χ4n) is 3.36. The maximum absolute atomic E-state index is 12.5. The molecule has 2 aromatic rings. The molecule has 2 atom stereocenters. The largest absolute Gasteiger partial charge is 0.444 e. The zero-order valence-corrected chi connectivity index (χ0v) is 17.0.